The minimum absolute atomic E-state index is 0.140. The van der Waals surface area contributed by atoms with Gasteiger partial charge >= 0.3 is 0 Å². The molecule has 1 N–H and O–H groups in total. The van der Waals surface area contributed by atoms with Gasteiger partial charge in [0.2, 0.25) is 0 Å². The Morgan fingerprint density at radius 2 is 2.16 bits per heavy atom. The maximum absolute atomic E-state index is 12.6. The Hall–Kier alpha value is -1.82. The van der Waals surface area contributed by atoms with Crippen LogP contribution in [0.5, 0.6) is 0 Å². The molecule has 0 saturated heterocycles. The van der Waals surface area contributed by atoms with Crippen molar-refractivity contribution in [1.29, 1.82) is 0 Å². The summed E-state index contributed by atoms with van der Waals surface area (Å²) in [6.45, 7) is 2.53. The highest BCUT2D eigenvalue weighted by molar-refractivity contribution is 7.92. The zero-order valence-corrected chi connectivity index (χ0v) is 11.4. The summed E-state index contributed by atoms with van der Waals surface area (Å²) in [6.07, 6.45) is 3.21. The fourth-order valence-electron chi connectivity index (χ4n) is 2.45. The Balaban J connectivity index is 2.10. The number of nitrogens with one attached hydrogen (secondary N) is 1. The number of rotatable bonds is 2. The predicted octanol–water partition coefficient (Wildman–Crippen LogP) is 1.86. The number of sulfonamides is 1. The Morgan fingerprint density at radius 3 is 2.89 bits per heavy atom. The normalized spacial score (nSPS) is 15.3. The van der Waals surface area contributed by atoms with Crippen molar-refractivity contribution in [2.45, 2.75) is 24.8 Å². The smallest absolute Gasteiger partial charge is 0.266 e. The Morgan fingerprint density at radius 1 is 1.32 bits per heavy atom. The summed E-state index contributed by atoms with van der Waals surface area (Å²) >= 11 is 0. The average molecular weight is 277 g/mol. The number of hydrogen-bond donors (Lipinski definition) is 1. The lowest BCUT2D eigenvalue weighted by Gasteiger charge is -2.30. The maximum atomic E-state index is 12.6. The number of H-pyrrole nitrogens is 1. The van der Waals surface area contributed by atoms with Crippen LogP contribution in [0.2, 0.25) is 0 Å². The van der Waals surface area contributed by atoms with Gasteiger partial charge in [-0.25, -0.2) is 0 Å². The molecule has 0 spiro atoms. The molecule has 5 nitrogen and oxygen atoms in total. The summed E-state index contributed by atoms with van der Waals surface area (Å²) in [5, 5.41) is 6.40. The SMILES string of the molecule is Cc1ccc2c(c1)CCCN2S(=O)(=O)c1ccn[nH]1. The highest BCUT2D eigenvalue weighted by atomic mass is 32.2. The minimum atomic E-state index is -3.53. The summed E-state index contributed by atoms with van der Waals surface area (Å²) in [4.78, 5) is 0. The topological polar surface area (TPSA) is 66.1 Å². The van der Waals surface area contributed by atoms with Crippen LogP contribution in [0.3, 0.4) is 0 Å². The van der Waals surface area contributed by atoms with Crippen molar-refractivity contribution >= 4 is 15.7 Å². The molecule has 0 aliphatic carbocycles. The largest absolute Gasteiger partial charge is 0.281 e. The zero-order chi connectivity index (χ0) is 13.5. The van der Waals surface area contributed by atoms with Gasteiger partial charge in [0.1, 0.15) is 0 Å². The van der Waals surface area contributed by atoms with Gasteiger partial charge in [-0.15, -0.1) is 0 Å². The summed E-state index contributed by atoms with van der Waals surface area (Å²) in [5.41, 5.74) is 3.03. The first kappa shape index (κ1) is 12.2. The molecule has 1 aliphatic heterocycles. The van der Waals surface area contributed by atoms with Crippen LogP contribution in [0.15, 0.2) is 35.5 Å². The molecule has 0 atom stereocenters. The molecule has 100 valence electrons. The standard InChI is InChI=1S/C13H15N3O2S/c1-10-4-5-12-11(9-10)3-2-8-16(12)19(17,18)13-6-7-14-15-13/h4-7,9H,2-3,8H2,1H3,(H,14,15). The zero-order valence-electron chi connectivity index (χ0n) is 10.6. The predicted molar refractivity (Wildman–Crippen MR) is 72.6 cm³/mol. The molecule has 0 saturated carbocycles. The molecule has 0 fully saturated rings. The molecule has 2 aromatic rings. The van der Waals surface area contributed by atoms with Gasteiger partial charge in [-0.1, -0.05) is 17.7 Å². The minimum Gasteiger partial charge on any atom is -0.266 e. The van der Waals surface area contributed by atoms with E-state index >= 15 is 0 Å². The van der Waals surface area contributed by atoms with Gasteiger partial charge in [-0.3, -0.25) is 9.40 Å². The van der Waals surface area contributed by atoms with E-state index in [1.54, 1.807) is 0 Å². The fourth-order valence-corrected chi connectivity index (χ4v) is 3.89. The van der Waals surface area contributed by atoms with Crippen LogP contribution in [0.4, 0.5) is 5.69 Å². The van der Waals surface area contributed by atoms with E-state index in [0.717, 1.165) is 29.7 Å². The van der Waals surface area contributed by atoms with E-state index in [2.05, 4.69) is 16.3 Å². The van der Waals surface area contributed by atoms with Crippen LogP contribution in [-0.4, -0.2) is 25.2 Å². The van der Waals surface area contributed by atoms with E-state index in [1.807, 2.05) is 19.1 Å². The van der Waals surface area contributed by atoms with Crippen molar-refractivity contribution in [2.75, 3.05) is 10.8 Å². The molecule has 2 heterocycles. The number of nitrogens with zero attached hydrogens (tertiary/aromatic N) is 2. The third kappa shape index (κ3) is 2.02. The fraction of sp³-hybridized carbons (Fsp3) is 0.308. The second-order valence-corrected chi connectivity index (χ2v) is 6.56. The summed E-state index contributed by atoms with van der Waals surface area (Å²) in [6, 6.07) is 7.37. The number of fused-ring (bicyclic) bond motifs is 1. The van der Waals surface area contributed by atoms with E-state index < -0.39 is 10.0 Å². The number of benzene rings is 1. The lowest BCUT2D eigenvalue weighted by atomic mass is 10.0. The van der Waals surface area contributed by atoms with E-state index in [4.69, 9.17) is 0 Å². The average Bonchev–Trinajstić information content (AvgIpc) is 2.92. The Labute approximate surface area is 112 Å². The first-order valence-corrected chi connectivity index (χ1v) is 7.65. The molecular formula is C13H15N3O2S. The van der Waals surface area contributed by atoms with Crippen molar-refractivity contribution < 1.29 is 8.42 Å². The van der Waals surface area contributed by atoms with Crippen molar-refractivity contribution in [3.8, 4) is 0 Å². The Kier molecular flexibility index (Phi) is 2.82. The molecule has 0 radical (unpaired) electrons. The first-order valence-electron chi connectivity index (χ1n) is 6.21. The molecule has 6 heteroatoms. The van der Waals surface area contributed by atoms with Crippen LogP contribution >= 0.6 is 0 Å². The molecule has 1 aliphatic rings. The van der Waals surface area contributed by atoms with Gasteiger partial charge in [-0.2, -0.15) is 13.5 Å². The van der Waals surface area contributed by atoms with Gasteiger partial charge in [0, 0.05) is 6.54 Å². The second-order valence-electron chi connectivity index (χ2n) is 4.73. The molecule has 0 bridgehead atoms. The number of aromatic amines is 1. The second kappa shape index (κ2) is 4.38. The third-order valence-electron chi connectivity index (χ3n) is 3.35. The molecule has 1 aromatic carbocycles. The number of aryl methyl sites for hydroxylation is 2. The molecule has 0 amide bonds. The van der Waals surface area contributed by atoms with E-state index in [1.165, 1.54) is 16.6 Å². The Bertz CT molecular complexity index is 693. The van der Waals surface area contributed by atoms with E-state index in [-0.39, 0.29) is 5.03 Å². The van der Waals surface area contributed by atoms with Crippen molar-refractivity contribution in [1.82, 2.24) is 10.2 Å². The molecule has 0 unspecified atom stereocenters. The molecular weight excluding hydrogens is 262 g/mol. The lowest BCUT2D eigenvalue weighted by Crippen LogP contribution is -2.35. The molecule has 19 heavy (non-hydrogen) atoms. The van der Waals surface area contributed by atoms with Crippen LogP contribution in [0, 0.1) is 6.92 Å². The van der Waals surface area contributed by atoms with Gasteiger partial charge in [0.15, 0.2) is 5.03 Å². The lowest BCUT2D eigenvalue weighted by molar-refractivity contribution is 0.582. The van der Waals surface area contributed by atoms with Gasteiger partial charge in [-0.05, 0) is 37.5 Å². The van der Waals surface area contributed by atoms with Gasteiger partial charge < -0.3 is 0 Å². The monoisotopic (exact) mass is 277 g/mol. The summed E-state index contributed by atoms with van der Waals surface area (Å²) < 4.78 is 26.6. The molecule has 3 rings (SSSR count). The summed E-state index contributed by atoms with van der Waals surface area (Å²) in [7, 11) is -3.53. The van der Waals surface area contributed by atoms with Crippen molar-refractivity contribution in [3.05, 3.63) is 41.6 Å². The van der Waals surface area contributed by atoms with Crippen molar-refractivity contribution in [3.63, 3.8) is 0 Å². The summed E-state index contributed by atoms with van der Waals surface area (Å²) in [5.74, 6) is 0. The van der Waals surface area contributed by atoms with E-state index in [0.29, 0.717) is 6.54 Å². The third-order valence-corrected chi connectivity index (χ3v) is 5.10. The quantitative estimate of drug-likeness (QED) is 0.911. The van der Waals surface area contributed by atoms with Gasteiger partial charge in [0.05, 0.1) is 11.9 Å². The van der Waals surface area contributed by atoms with Crippen molar-refractivity contribution in [2.24, 2.45) is 0 Å². The number of hydrogen-bond acceptors (Lipinski definition) is 3. The highest BCUT2D eigenvalue weighted by Crippen LogP contribution is 2.31. The number of aromatic nitrogens is 2. The van der Waals surface area contributed by atoms with Crippen LogP contribution in [0.25, 0.3) is 0 Å². The van der Waals surface area contributed by atoms with Crippen LogP contribution in [-0.2, 0) is 16.4 Å². The van der Waals surface area contributed by atoms with Crippen LogP contribution in [0.1, 0.15) is 17.5 Å². The van der Waals surface area contributed by atoms with Crippen LogP contribution < -0.4 is 4.31 Å². The van der Waals surface area contributed by atoms with Gasteiger partial charge in [0.25, 0.3) is 10.0 Å². The number of anilines is 1. The van der Waals surface area contributed by atoms with E-state index in [9.17, 15) is 8.42 Å². The molecule has 1 aromatic heterocycles. The first-order chi connectivity index (χ1) is 9.09. The highest BCUT2D eigenvalue weighted by Gasteiger charge is 2.29. The maximum Gasteiger partial charge on any atom is 0.281 e.